The van der Waals surface area contributed by atoms with Crippen LogP contribution in [0.2, 0.25) is 0 Å². The number of ether oxygens (including phenoxy) is 1. The molecule has 2 heterocycles. The standard InChI is InChI=1S/C22H24F2N4O4S/c1-32-19-9-7-15(33(30,31)28-10-4-2-3-5-11-28)13-18(19)27-22(29)14-6-8-16-17(12-14)26-21(25-16)20(23)24/h6-9,12-13,20H,2-5,10-11H2,1H3,(H,25,26)(H,27,29). The highest BCUT2D eigenvalue weighted by Gasteiger charge is 2.26. The molecule has 1 aliphatic rings. The molecule has 2 N–H and O–H groups in total. The first-order valence-electron chi connectivity index (χ1n) is 10.6. The molecule has 11 heteroatoms. The number of hydrogen-bond acceptors (Lipinski definition) is 5. The fraction of sp³-hybridized carbons (Fsp3) is 0.364. The molecule has 1 aromatic heterocycles. The van der Waals surface area contributed by atoms with Crippen LogP contribution in [0, 0.1) is 0 Å². The van der Waals surface area contributed by atoms with Crippen LogP contribution in [-0.2, 0) is 10.0 Å². The zero-order valence-corrected chi connectivity index (χ0v) is 18.8. The molecule has 4 rings (SSSR count). The first-order chi connectivity index (χ1) is 15.8. The summed E-state index contributed by atoms with van der Waals surface area (Å²) in [7, 11) is -2.31. The number of sulfonamides is 1. The summed E-state index contributed by atoms with van der Waals surface area (Å²) in [5, 5.41) is 2.67. The normalized spacial score (nSPS) is 15.5. The fourth-order valence-corrected chi connectivity index (χ4v) is 5.39. The van der Waals surface area contributed by atoms with Gasteiger partial charge in [0.25, 0.3) is 12.3 Å². The molecule has 0 saturated carbocycles. The second kappa shape index (κ2) is 9.44. The third-order valence-electron chi connectivity index (χ3n) is 5.59. The van der Waals surface area contributed by atoms with E-state index in [9.17, 15) is 22.0 Å². The molecular formula is C22H24F2N4O4S. The lowest BCUT2D eigenvalue weighted by atomic mass is 10.2. The second-order valence-corrected chi connectivity index (χ2v) is 9.73. The van der Waals surface area contributed by atoms with Crippen molar-refractivity contribution in [3.05, 3.63) is 47.8 Å². The van der Waals surface area contributed by atoms with Crippen LogP contribution in [0.25, 0.3) is 11.0 Å². The summed E-state index contributed by atoms with van der Waals surface area (Å²) in [5.74, 6) is -0.732. The molecule has 0 aliphatic carbocycles. The van der Waals surface area contributed by atoms with Gasteiger partial charge in [-0.25, -0.2) is 22.2 Å². The van der Waals surface area contributed by atoms with E-state index >= 15 is 0 Å². The van der Waals surface area contributed by atoms with E-state index < -0.39 is 28.2 Å². The van der Waals surface area contributed by atoms with E-state index in [0.717, 1.165) is 25.7 Å². The number of aromatic amines is 1. The minimum absolute atomic E-state index is 0.0612. The van der Waals surface area contributed by atoms with Crippen molar-refractivity contribution in [2.45, 2.75) is 37.0 Å². The van der Waals surface area contributed by atoms with Gasteiger partial charge in [0.2, 0.25) is 10.0 Å². The maximum atomic E-state index is 13.2. The number of hydrogen-bond donors (Lipinski definition) is 2. The van der Waals surface area contributed by atoms with Crippen molar-refractivity contribution in [3.8, 4) is 5.75 Å². The number of nitrogens with one attached hydrogen (secondary N) is 2. The molecule has 33 heavy (non-hydrogen) atoms. The Bertz CT molecular complexity index is 1270. The summed E-state index contributed by atoms with van der Waals surface area (Å²) >= 11 is 0. The maximum Gasteiger partial charge on any atom is 0.295 e. The summed E-state index contributed by atoms with van der Waals surface area (Å²) in [5.41, 5.74) is 0.985. The van der Waals surface area contributed by atoms with Gasteiger partial charge in [-0.05, 0) is 49.2 Å². The highest BCUT2D eigenvalue weighted by atomic mass is 32.2. The molecule has 0 unspecified atom stereocenters. The van der Waals surface area contributed by atoms with E-state index in [0.29, 0.717) is 29.9 Å². The van der Waals surface area contributed by atoms with Gasteiger partial charge in [-0.3, -0.25) is 4.79 Å². The number of carbonyl (C=O) groups is 1. The van der Waals surface area contributed by atoms with Crippen molar-refractivity contribution < 1.29 is 26.7 Å². The molecule has 1 fully saturated rings. The topological polar surface area (TPSA) is 104 Å². The van der Waals surface area contributed by atoms with Crippen LogP contribution in [0.1, 0.15) is 48.3 Å². The molecular weight excluding hydrogens is 454 g/mol. The summed E-state index contributed by atoms with van der Waals surface area (Å²) in [6, 6.07) is 8.65. The van der Waals surface area contributed by atoms with E-state index in [1.54, 1.807) is 0 Å². The van der Waals surface area contributed by atoms with E-state index in [4.69, 9.17) is 4.74 Å². The highest BCUT2D eigenvalue weighted by molar-refractivity contribution is 7.89. The van der Waals surface area contributed by atoms with Crippen molar-refractivity contribution in [2.24, 2.45) is 0 Å². The van der Waals surface area contributed by atoms with Gasteiger partial charge in [0.05, 0.1) is 28.7 Å². The Hall–Kier alpha value is -3.05. The molecule has 1 aliphatic heterocycles. The number of methoxy groups -OCH3 is 1. The summed E-state index contributed by atoms with van der Waals surface area (Å²) in [4.78, 5) is 19.2. The van der Waals surface area contributed by atoms with Crippen LogP contribution >= 0.6 is 0 Å². The summed E-state index contributed by atoms with van der Waals surface area (Å²) in [6.07, 6.45) is 0.850. The van der Waals surface area contributed by atoms with Crippen molar-refractivity contribution in [1.82, 2.24) is 14.3 Å². The van der Waals surface area contributed by atoms with Crippen molar-refractivity contribution in [1.29, 1.82) is 0 Å². The second-order valence-electron chi connectivity index (χ2n) is 7.79. The molecule has 2 aromatic carbocycles. The third kappa shape index (κ3) is 4.83. The zero-order chi connectivity index (χ0) is 23.6. The van der Waals surface area contributed by atoms with Gasteiger partial charge in [0, 0.05) is 18.7 Å². The van der Waals surface area contributed by atoms with Crippen LogP contribution in [-0.4, -0.2) is 48.8 Å². The largest absolute Gasteiger partial charge is 0.495 e. The van der Waals surface area contributed by atoms with Gasteiger partial charge in [-0.15, -0.1) is 0 Å². The average molecular weight is 479 g/mol. The van der Waals surface area contributed by atoms with Gasteiger partial charge in [-0.1, -0.05) is 12.8 Å². The quantitative estimate of drug-likeness (QED) is 0.549. The van der Waals surface area contributed by atoms with Gasteiger partial charge in [0.1, 0.15) is 5.75 Å². The number of carbonyl (C=O) groups excluding carboxylic acids is 1. The van der Waals surface area contributed by atoms with Gasteiger partial charge in [0.15, 0.2) is 5.82 Å². The SMILES string of the molecule is COc1ccc(S(=O)(=O)N2CCCCCC2)cc1NC(=O)c1ccc2nc(C(F)F)[nH]c2c1. The van der Waals surface area contributed by atoms with Crippen LogP contribution in [0.5, 0.6) is 5.75 Å². The Kier molecular flexibility index (Phi) is 6.61. The molecule has 176 valence electrons. The smallest absolute Gasteiger partial charge is 0.295 e. The van der Waals surface area contributed by atoms with Gasteiger partial charge in [-0.2, -0.15) is 4.31 Å². The summed E-state index contributed by atoms with van der Waals surface area (Å²) in [6.45, 7) is 0.918. The first kappa shape index (κ1) is 23.1. The number of nitrogens with zero attached hydrogens (tertiary/aromatic N) is 2. The number of anilines is 1. The minimum Gasteiger partial charge on any atom is -0.495 e. The monoisotopic (exact) mass is 478 g/mol. The van der Waals surface area contributed by atoms with E-state index in [2.05, 4.69) is 15.3 Å². The van der Waals surface area contributed by atoms with Crippen LogP contribution in [0.4, 0.5) is 14.5 Å². The lowest BCUT2D eigenvalue weighted by Gasteiger charge is -2.21. The third-order valence-corrected chi connectivity index (χ3v) is 7.49. The zero-order valence-electron chi connectivity index (χ0n) is 18.0. The Balaban J connectivity index is 1.61. The molecule has 1 amide bonds. The Morgan fingerprint density at radius 2 is 1.85 bits per heavy atom. The van der Waals surface area contributed by atoms with Gasteiger partial charge < -0.3 is 15.0 Å². The highest BCUT2D eigenvalue weighted by Crippen LogP contribution is 2.30. The lowest BCUT2D eigenvalue weighted by Crippen LogP contribution is -2.32. The predicted molar refractivity (Wildman–Crippen MR) is 119 cm³/mol. The lowest BCUT2D eigenvalue weighted by molar-refractivity contribution is 0.102. The molecule has 8 nitrogen and oxygen atoms in total. The Labute approximate surface area is 190 Å². The Morgan fingerprint density at radius 1 is 1.12 bits per heavy atom. The number of aromatic nitrogens is 2. The number of alkyl halides is 2. The van der Waals surface area contributed by atoms with E-state index in [1.807, 2.05) is 0 Å². The molecule has 1 saturated heterocycles. The van der Waals surface area contributed by atoms with Gasteiger partial charge >= 0.3 is 0 Å². The molecule has 0 atom stereocenters. The Morgan fingerprint density at radius 3 is 2.52 bits per heavy atom. The number of imidazole rings is 1. The number of benzene rings is 2. The molecule has 0 spiro atoms. The number of fused-ring (bicyclic) bond motifs is 1. The van der Waals surface area contributed by atoms with E-state index in [-0.39, 0.29) is 16.1 Å². The van der Waals surface area contributed by atoms with Crippen molar-refractivity contribution >= 4 is 32.7 Å². The fourth-order valence-electron chi connectivity index (χ4n) is 3.84. The number of H-pyrrole nitrogens is 1. The summed E-state index contributed by atoms with van der Waals surface area (Å²) < 4.78 is 58.8. The molecule has 3 aromatic rings. The first-order valence-corrected chi connectivity index (χ1v) is 12.0. The molecule has 0 radical (unpaired) electrons. The van der Waals surface area contributed by atoms with E-state index in [1.165, 1.54) is 47.8 Å². The van der Waals surface area contributed by atoms with Crippen LogP contribution in [0.15, 0.2) is 41.3 Å². The van der Waals surface area contributed by atoms with Crippen LogP contribution < -0.4 is 10.1 Å². The number of amides is 1. The van der Waals surface area contributed by atoms with Crippen molar-refractivity contribution in [3.63, 3.8) is 0 Å². The number of halogens is 2. The average Bonchev–Trinajstić information content (AvgIpc) is 3.03. The maximum absolute atomic E-state index is 13.2. The number of rotatable bonds is 6. The molecule has 0 bridgehead atoms. The van der Waals surface area contributed by atoms with Crippen molar-refractivity contribution in [2.75, 3.05) is 25.5 Å². The van der Waals surface area contributed by atoms with Crippen LogP contribution in [0.3, 0.4) is 0 Å². The predicted octanol–water partition coefficient (Wildman–Crippen LogP) is 4.33. The minimum atomic E-state index is -3.73.